The van der Waals surface area contributed by atoms with Gasteiger partial charge in [-0.3, -0.25) is 4.90 Å². The van der Waals surface area contributed by atoms with Crippen molar-refractivity contribution in [2.75, 3.05) is 18.4 Å². The Morgan fingerprint density at radius 3 is 3.14 bits per heavy atom. The number of rotatable bonds is 5. The van der Waals surface area contributed by atoms with E-state index in [1.165, 1.54) is 12.1 Å². The first-order chi connectivity index (χ1) is 18.4. The maximum atomic E-state index is 13.7. The number of nitrogens with zero attached hydrogens (tertiary/aromatic N) is 5. The first-order valence-corrected chi connectivity index (χ1v) is 9.55. The predicted octanol–water partition coefficient (Wildman–Crippen LogP) is 4.30. The zero-order valence-electron chi connectivity index (χ0n) is 26.1. The third-order valence-corrected chi connectivity index (χ3v) is 5.39. The second-order valence-electron chi connectivity index (χ2n) is 6.39. The molecule has 0 bridgehead atoms. The van der Waals surface area contributed by atoms with Crippen molar-refractivity contribution in [2.45, 2.75) is 45.0 Å². The molecular formula is C21H23FN6S. The average molecular weight is 422 g/mol. The number of nitrogens with one attached hydrogen (secondary N) is 1. The van der Waals surface area contributed by atoms with Gasteiger partial charge in [0.2, 0.25) is 0 Å². The summed E-state index contributed by atoms with van der Waals surface area (Å²) >= 11 is 0.512. The van der Waals surface area contributed by atoms with Crippen LogP contribution in [0.25, 0.3) is 10.3 Å². The molecule has 0 amide bonds. The summed E-state index contributed by atoms with van der Waals surface area (Å²) in [5.74, 6) is -4.10. The van der Waals surface area contributed by atoms with E-state index in [4.69, 9.17) is 20.4 Å². The minimum atomic E-state index is -3.29. The molecule has 6 nitrogen and oxygen atoms in total. The highest BCUT2D eigenvalue weighted by Crippen LogP contribution is 2.29. The Morgan fingerprint density at radius 1 is 1.55 bits per heavy atom. The highest BCUT2D eigenvalue weighted by Gasteiger charge is 2.21. The number of anilines is 1. The van der Waals surface area contributed by atoms with Crippen LogP contribution < -0.4 is 5.31 Å². The smallest absolute Gasteiger partial charge is 0.162 e. The Labute approximate surface area is 188 Å². The van der Waals surface area contributed by atoms with E-state index < -0.39 is 49.3 Å². The molecule has 1 aromatic carbocycles. The van der Waals surface area contributed by atoms with Gasteiger partial charge in [-0.25, -0.2) is 19.3 Å². The van der Waals surface area contributed by atoms with Gasteiger partial charge < -0.3 is 5.31 Å². The minimum absolute atomic E-state index is 0.0287. The standard InChI is InChI=1S/C21H23FN6S/c1-13(2)20-27-18-19(24-12-25-21(18)29-20)26-16-5-7-28(8-6-16)11-14-3-4-17(22)15(9-14)10-23/h3-4,9,12-13,16H,5-8,11H2,1-2H3,(H,24,25,26)/i1D3,2D3,11D,12D,13D,16D/hD. The van der Waals surface area contributed by atoms with Gasteiger partial charge in [-0.2, -0.15) is 5.26 Å². The van der Waals surface area contributed by atoms with Crippen LogP contribution in [-0.4, -0.2) is 39.0 Å². The fraction of sp³-hybridized carbons (Fsp3) is 0.429. The van der Waals surface area contributed by atoms with Crippen LogP contribution in [0, 0.1) is 17.1 Å². The Hall–Kier alpha value is -2.63. The number of aromatic nitrogens is 3. The molecule has 1 atom stereocenters. The van der Waals surface area contributed by atoms with E-state index in [9.17, 15) is 4.39 Å². The van der Waals surface area contributed by atoms with Crippen LogP contribution in [0.1, 0.15) is 62.3 Å². The molecule has 0 aliphatic carbocycles. The van der Waals surface area contributed by atoms with Crippen molar-refractivity contribution in [3.63, 3.8) is 0 Å². The molecule has 2 aromatic heterocycles. The predicted molar refractivity (Wildman–Crippen MR) is 112 cm³/mol. The zero-order valence-corrected chi connectivity index (χ0v) is 15.9. The second kappa shape index (κ2) is 8.39. The van der Waals surface area contributed by atoms with Crippen LogP contribution in [0.3, 0.4) is 0 Å². The highest BCUT2D eigenvalue weighted by atomic mass is 32.1. The number of fused-ring (bicyclic) bond motifs is 1. The lowest BCUT2D eigenvalue weighted by atomic mass is 10.0. The molecule has 8 heteroatoms. The summed E-state index contributed by atoms with van der Waals surface area (Å²) in [5, 5.41) is 9.20. The molecule has 3 aromatic rings. The lowest BCUT2D eigenvalue weighted by molar-refractivity contribution is 0.211. The van der Waals surface area contributed by atoms with Crippen molar-refractivity contribution in [2.24, 2.45) is 0 Å². The number of benzene rings is 1. The molecule has 1 unspecified atom stereocenters. The number of hydrogen-bond donors (Lipinski definition) is 1. The van der Waals surface area contributed by atoms with Crippen molar-refractivity contribution in [3.8, 4) is 6.07 Å². The molecule has 0 saturated carbocycles. The number of thiazole rings is 1. The Morgan fingerprint density at radius 2 is 2.38 bits per heavy atom. The van der Waals surface area contributed by atoms with E-state index in [-0.39, 0.29) is 47.7 Å². The molecule has 150 valence electrons. The number of nitriles is 1. The number of piperidine rings is 1. The molecule has 0 radical (unpaired) electrons. The van der Waals surface area contributed by atoms with Crippen LogP contribution in [0.2, 0.25) is 1.41 Å². The van der Waals surface area contributed by atoms with Crippen molar-refractivity contribution in [1.82, 2.24) is 19.9 Å². The summed E-state index contributed by atoms with van der Waals surface area (Å²) in [6.45, 7) is -7.19. The molecule has 4 rings (SSSR count). The molecular weight excluding hydrogens is 387 g/mol. The molecule has 1 aliphatic rings. The Balaban J connectivity index is 1.64. The van der Waals surface area contributed by atoms with Gasteiger partial charge in [0.1, 0.15) is 29.9 Å². The topological polar surface area (TPSA) is 77.7 Å². The molecule has 1 fully saturated rings. The fourth-order valence-corrected chi connectivity index (χ4v) is 3.72. The fourth-order valence-electron chi connectivity index (χ4n) is 2.98. The van der Waals surface area contributed by atoms with E-state index in [1.807, 2.05) is 0 Å². The maximum absolute atomic E-state index is 13.7. The molecule has 1 saturated heterocycles. The van der Waals surface area contributed by atoms with E-state index >= 15 is 0 Å². The summed E-state index contributed by atoms with van der Waals surface area (Å²) in [6.07, 6.45) is -0.507. The first kappa shape index (κ1) is 10.4. The third-order valence-electron chi connectivity index (χ3n) is 4.42. The lowest BCUT2D eigenvalue weighted by Gasteiger charge is -2.32. The molecule has 3 heterocycles. The van der Waals surface area contributed by atoms with Crippen LogP contribution in [0.5, 0.6) is 0 Å². The van der Waals surface area contributed by atoms with Gasteiger partial charge in [-0.15, -0.1) is 0 Å². The maximum Gasteiger partial charge on any atom is 0.162 e. The van der Waals surface area contributed by atoms with Crippen LogP contribution >= 0.6 is 11.3 Å². The lowest BCUT2D eigenvalue weighted by Crippen LogP contribution is -2.38. The number of halogens is 1. The summed E-state index contributed by atoms with van der Waals surface area (Å²) in [4.78, 5) is 13.5. The quantitative estimate of drug-likeness (QED) is 0.662. The van der Waals surface area contributed by atoms with Crippen LogP contribution in [-0.2, 0) is 6.52 Å². The summed E-state index contributed by atoms with van der Waals surface area (Å²) < 4.78 is 103. The molecule has 0 spiro atoms. The van der Waals surface area contributed by atoms with Gasteiger partial charge >= 0.3 is 0 Å². The molecule has 1 aliphatic heterocycles. The number of hydrogen-bond acceptors (Lipinski definition) is 7. The minimum Gasteiger partial charge on any atom is -0.365 e. The SMILES string of the molecule is [2H]c1nc(N([2H])C2([2H])CCN(C([2H])c3ccc(F)c(C#N)c3)CC2)c2nc(C([2H])(C([2H])([2H])[2H])C([2H])([2H])[2H])sc2n1. The summed E-state index contributed by atoms with van der Waals surface area (Å²) in [6, 6.07) is 3.94. The third kappa shape index (κ3) is 4.36. The van der Waals surface area contributed by atoms with Crippen molar-refractivity contribution >= 4 is 27.5 Å². The van der Waals surface area contributed by atoms with Crippen molar-refractivity contribution in [3.05, 3.63) is 46.5 Å². The summed E-state index contributed by atoms with van der Waals surface area (Å²) in [5.41, 5.74) is 0.0139. The molecule has 29 heavy (non-hydrogen) atoms. The van der Waals surface area contributed by atoms with Crippen LogP contribution in [0.4, 0.5) is 10.2 Å². The normalized spacial score (nSPS) is 24.6. The monoisotopic (exact) mass is 421 g/mol. The van der Waals surface area contributed by atoms with Gasteiger partial charge in [0.25, 0.3) is 0 Å². The summed E-state index contributed by atoms with van der Waals surface area (Å²) in [7, 11) is 0. The molecule has 1 N–H and O–H groups in total. The van der Waals surface area contributed by atoms with E-state index in [1.54, 1.807) is 11.0 Å². The first-order valence-electron chi connectivity index (χ1n) is 14.3. The van der Waals surface area contributed by atoms with E-state index in [2.05, 4.69) is 15.0 Å². The van der Waals surface area contributed by atoms with E-state index in [0.717, 1.165) is 11.4 Å². The Kier molecular flexibility index (Phi) is 3.01. The second-order valence-corrected chi connectivity index (χ2v) is 7.37. The van der Waals surface area contributed by atoms with Crippen molar-refractivity contribution in [1.29, 1.82) is 5.26 Å². The highest BCUT2D eigenvalue weighted by molar-refractivity contribution is 7.18. The van der Waals surface area contributed by atoms with Gasteiger partial charge in [0.15, 0.2) is 7.23 Å². The number of likely N-dealkylation sites (tertiary alicyclic amines) is 1. The average Bonchev–Trinajstić information content (AvgIpc) is 3.30. The van der Waals surface area contributed by atoms with Crippen molar-refractivity contribution < 1.29 is 19.5 Å². The van der Waals surface area contributed by atoms with Gasteiger partial charge in [-0.05, 0) is 30.5 Å². The van der Waals surface area contributed by atoms with Crippen LogP contribution in [0.15, 0.2) is 24.5 Å². The van der Waals surface area contributed by atoms with E-state index in [0.29, 0.717) is 16.9 Å². The Bertz CT molecular complexity index is 1450. The van der Waals surface area contributed by atoms with Gasteiger partial charge in [-0.1, -0.05) is 31.1 Å². The van der Waals surface area contributed by atoms with Gasteiger partial charge in [0.05, 0.1) is 11.9 Å². The largest absolute Gasteiger partial charge is 0.365 e. The van der Waals surface area contributed by atoms with Gasteiger partial charge in [0, 0.05) is 42.5 Å². The zero-order chi connectivity index (χ0) is 29.8.